The molecule has 282 valence electrons. The molecule has 0 atom stereocenters. The maximum atomic E-state index is 6.46. The van der Waals surface area contributed by atoms with Crippen molar-refractivity contribution >= 4 is 78.1 Å². The molecule has 6 heterocycles. The Kier molecular flexibility index (Phi) is 6.78. The molecule has 60 heavy (non-hydrogen) atoms. The van der Waals surface area contributed by atoms with E-state index in [0.29, 0.717) is 34.2 Å². The zero-order valence-electron chi connectivity index (χ0n) is 31.5. The fourth-order valence-electron chi connectivity index (χ4n) is 8.60. The van der Waals surface area contributed by atoms with Gasteiger partial charge in [0.15, 0.2) is 23.0 Å². The molecule has 0 radical (unpaired) electrons. The molecule has 0 N–H and O–H groups in total. The molecule has 10 heteroatoms. The molecule has 0 saturated heterocycles. The Bertz CT molecular complexity index is 3170. The number of nitrogens with zero attached hydrogens (tertiary/aromatic N) is 6. The number of hydrogen-bond acceptors (Lipinski definition) is 10. The average molecular weight is 777 g/mol. The van der Waals surface area contributed by atoms with Crippen LogP contribution in [-0.4, -0.2) is 19.9 Å². The van der Waals surface area contributed by atoms with Gasteiger partial charge in [-0.15, -0.1) is 0 Å². The van der Waals surface area contributed by atoms with E-state index in [1.807, 2.05) is 97.1 Å². The molecule has 2 aliphatic rings. The molecule has 0 unspecified atom stereocenters. The summed E-state index contributed by atoms with van der Waals surface area (Å²) < 4.78 is 25.8. The molecule has 0 aliphatic carbocycles. The summed E-state index contributed by atoms with van der Waals surface area (Å²) in [5, 5.41) is 3.81. The van der Waals surface area contributed by atoms with Gasteiger partial charge in [-0.25, -0.2) is 19.9 Å². The van der Waals surface area contributed by atoms with Crippen LogP contribution in [0.5, 0.6) is 23.0 Å². The van der Waals surface area contributed by atoms with Crippen LogP contribution in [0.1, 0.15) is 0 Å². The number of pyridine rings is 2. The Morgan fingerprint density at radius 3 is 1.13 bits per heavy atom. The van der Waals surface area contributed by atoms with Crippen LogP contribution >= 0.6 is 0 Å². The van der Waals surface area contributed by atoms with Gasteiger partial charge in [-0.1, -0.05) is 60.7 Å². The molecule has 13 rings (SSSR count). The van der Waals surface area contributed by atoms with E-state index in [1.165, 1.54) is 0 Å². The Labute approximate surface area is 341 Å². The molecule has 0 spiro atoms. The fraction of sp³-hybridized carbons (Fsp3) is 0. The number of rotatable bonds is 4. The minimum atomic E-state index is 0.460. The summed E-state index contributed by atoms with van der Waals surface area (Å²) in [6.45, 7) is 0. The number of para-hydroxylation sites is 8. The number of benzene rings is 7. The predicted octanol–water partition coefficient (Wildman–Crippen LogP) is 13.6. The highest BCUT2D eigenvalue weighted by atomic mass is 16.5. The Hall–Kier alpha value is -8.50. The molecular formula is C50H28N6O4. The van der Waals surface area contributed by atoms with E-state index >= 15 is 0 Å². The quantitative estimate of drug-likeness (QED) is 0.160. The molecule has 0 saturated carbocycles. The Morgan fingerprint density at radius 2 is 0.750 bits per heavy atom. The summed E-state index contributed by atoms with van der Waals surface area (Å²) in [4.78, 5) is 23.5. The third-order valence-corrected chi connectivity index (χ3v) is 11.2. The number of aromatic nitrogens is 4. The number of anilines is 6. The summed E-state index contributed by atoms with van der Waals surface area (Å²) in [5.74, 6) is 3.92. The second kappa shape index (κ2) is 12.5. The van der Waals surface area contributed by atoms with Crippen LogP contribution in [0, 0.1) is 0 Å². The van der Waals surface area contributed by atoms with Gasteiger partial charge >= 0.3 is 0 Å². The molecule has 0 amide bonds. The van der Waals surface area contributed by atoms with E-state index in [0.717, 1.165) is 89.8 Å². The SMILES string of the molecule is c1ccc2c(c1)Oc1ccccc1N2c1cc(-c2nc3cccnc3o2)c2ccc3c(-c4nc5cccnc5o4)cc(N4c5ccccc5Oc5ccccc54)cc3c2c1. The first-order valence-electron chi connectivity index (χ1n) is 19.5. The van der Waals surface area contributed by atoms with Crippen molar-refractivity contribution in [2.24, 2.45) is 0 Å². The maximum Gasteiger partial charge on any atom is 0.247 e. The van der Waals surface area contributed by atoms with E-state index in [9.17, 15) is 0 Å². The normalized spacial score (nSPS) is 12.9. The highest BCUT2D eigenvalue weighted by molar-refractivity contribution is 6.18. The van der Waals surface area contributed by atoms with Gasteiger partial charge in [0, 0.05) is 34.9 Å². The van der Waals surface area contributed by atoms with Gasteiger partial charge in [0.2, 0.25) is 23.2 Å². The second-order valence-corrected chi connectivity index (χ2v) is 14.7. The highest BCUT2D eigenvalue weighted by Gasteiger charge is 2.30. The van der Waals surface area contributed by atoms with E-state index < -0.39 is 0 Å². The average Bonchev–Trinajstić information content (AvgIpc) is 3.94. The second-order valence-electron chi connectivity index (χ2n) is 14.7. The van der Waals surface area contributed by atoms with Gasteiger partial charge in [0.05, 0.1) is 22.7 Å². The summed E-state index contributed by atoms with van der Waals surface area (Å²) in [7, 11) is 0. The van der Waals surface area contributed by atoms with Crippen LogP contribution in [0.3, 0.4) is 0 Å². The van der Waals surface area contributed by atoms with Crippen molar-refractivity contribution in [3.8, 4) is 45.9 Å². The van der Waals surface area contributed by atoms with Crippen LogP contribution in [0.25, 0.3) is 66.9 Å². The van der Waals surface area contributed by atoms with Crippen LogP contribution in [0.2, 0.25) is 0 Å². The van der Waals surface area contributed by atoms with Crippen LogP contribution < -0.4 is 19.3 Å². The van der Waals surface area contributed by atoms with Crippen molar-refractivity contribution in [2.75, 3.05) is 9.80 Å². The van der Waals surface area contributed by atoms with Crippen molar-refractivity contribution in [1.29, 1.82) is 0 Å². The number of hydrogen-bond donors (Lipinski definition) is 0. The van der Waals surface area contributed by atoms with Crippen molar-refractivity contribution in [3.63, 3.8) is 0 Å². The third kappa shape index (κ3) is 4.88. The van der Waals surface area contributed by atoms with Gasteiger partial charge in [-0.05, 0) is 119 Å². The van der Waals surface area contributed by atoms with E-state index in [-0.39, 0.29) is 0 Å². The van der Waals surface area contributed by atoms with Crippen molar-refractivity contribution in [3.05, 3.63) is 170 Å². The van der Waals surface area contributed by atoms with Crippen LogP contribution in [0.15, 0.2) is 179 Å². The third-order valence-electron chi connectivity index (χ3n) is 11.2. The monoisotopic (exact) mass is 776 g/mol. The molecule has 4 aromatic heterocycles. The number of ether oxygens (including phenoxy) is 2. The van der Waals surface area contributed by atoms with Crippen LogP contribution in [0.4, 0.5) is 34.1 Å². The molecule has 0 fully saturated rings. The highest BCUT2D eigenvalue weighted by Crippen LogP contribution is 2.54. The Balaban J connectivity index is 1.16. The minimum Gasteiger partial charge on any atom is -0.453 e. The molecule has 2 aliphatic heterocycles. The zero-order valence-corrected chi connectivity index (χ0v) is 31.5. The summed E-state index contributed by atoms with van der Waals surface area (Å²) in [6, 6.07) is 52.9. The first-order valence-corrected chi connectivity index (χ1v) is 19.5. The van der Waals surface area contributed by atoms with Gasteiger partial charge in [0.1, 0.15) is 11.0 Å². The summed E-state index contributed by atoms with van der Waals surface area (Å²) in [5.41, 5.74) is 9.30. The lowest BCUT2D eigenvalue weighted by Gasteiger charge is -2.33. The van der Waals surface area contributed by atoms with Crippen LogP contribution in [-0.2, 0) is 0 Å². The summed E-state index contributed by atoms with van der Waals surface area (Å²) in [6.07, 6.45) is 3.43. The lowest BCUT2D eigenvalue weighted by molar-refractivity contribution is 0.477. The first kappa shape index (κ1) is 32.6. The van der Waals surface area contributed by atoms with E-state index in [1.54, 1.807) is 12.4 Å². The van der Waals surface area contributed by atoms with Gasteiger partial charge in [0.25, 0.3) is 0 Å². The number of fused-ring (bicyclic) bond motifs is 9. The van der Waals surface area contributed by atoms with E-state index in [2.05, 4.69) is 80.4 Å². The maximum absolute atomic E-state index is 6.46. The first-order chi connectivity index (χ1) is 29.7. The fourth-order valence-corrected chi connectivity index (χ4v) is 8.60. The van der Waals surface area contributed by atoms with Gasteiger partial charge in [-0.3, -0.25) is 0 Å². The molecule has 10 nitrogen and oxygen atoms in total. The van der Waals surface area contributed by atoms with Crippen molar-refractivity contribution in [2.45, 2.75) is 0 Å². The smallest absolute Gasteiger partial charge is 0.247 e. The van der Waals surface area contributed by atoms with Crippen molar-refractivity contribution in [1.82, 2.24) is 19.9 Å². The van der Waals surface area contributed by atoms with Gasteiger partial charge in [-0.2, -0.15) is 0 Å². The minimum absolute atomic E-state index is 0.460. The zero-order chi connectivity index (χ0) is 39.3. The standard InChI is InChI=1S/C50H28N6O4/c1-5-17-43-39(13-1)55(40-14-2-6-18-44(40)57-43)29-25-33-31(35(27-29)47-53-37-11-9-23-51-49(37)59-47)21-22-32-34(33)26-30(28-36(32)48-54-38-12-10-24-52-50(38)60-48)56-41-15-3-7-19-45(41)58-46-20-8-4-16-42(46)56/h1-28H. The van der Waals surface area contributed by atoms with Crippen molar-refractivity contribution < 1.29 is 18.3 Å². The molecular weight excluding hydrogens is 749 g/mol. The van der Waals surface area contributed by atoms with E-state index in [4.69, 9.17) is 28.3 Å². The molecule has 11 aromatic rings. The lowest BCUT2D eigenvalue weighted by atomic mass is 9.93. The number of oxazole rings is 2. The molecule has 7 aromatic carbocycles. The molecule has 0 bridgehead atoms. The lowest BCUT2D eigenvalue weighted by Crippen LogP contribution is -2.16. The predicted molar refractivity (Wildman–Crippen MR) is 233 cm³/mol. The van der Waals surface area contributed by atoms with Gasteiger partial charge < -0.3 is 28.1 Å². The Morgan fingerprint density at radius 1 is 0.367 bits per heavy atom. The summed E-state index contributed by atoms with van der Waals surface area (Å²) >= 11 is 0. The largest absolute Gasteiger partial charge is 0.453 e. The topological polar surface area (TPSA) is 103 Å².